The van der Waals surface area contributed by atoms with Crippen molar-refractivity contribution in [3.8, 4) is 45.3 Å². The number of benzene rings is 7. The lowest BCUT2D eigenvalue weighted by Gasteiger charge is -2.10. The molecule has 0 aliphatic heterocycles. The first-order valence-electron chi connectivity index (χ1n) is 15.0. The number of hydrogen-bond acceptors (Lipinski definition) is 4. The highest BCUT2D eigenvalue weighted by molar-refractivity contribution is 6.15. The lowest BCUT2D eigenvalue weighted by molar-refractivity contribution is 0.670. The van der Waals surface area contributed by atoms with E-state index < -0.39 is 0 Å². The molecule has 2 heterocycles. The third-order valence-corrected chi connectivity index (χ3v) is 8.52. The van der Waals surface area contributed by atoms with Crippen molar-refractivity contribution in [2.24, 2.45) is 0 Å². The Morgan fingerprint density at radius 2 is 1.00 bits per heavy atom. The van der Waals surface area contributed by atoms with Crippen LogP contribution in [0.5, 0.6) is 0 Å². The third-order valence-electron chi connectivity index (χ3n) is 8.52. The van der Waals surface area contributed by atoms with Crippen LogP contribution in [0.1, 0.15) is 0 Å². The summed E-state index contributed by atoms with van der Waals surface area (Å²) in [6, 6.07) is 52.1. The molecule has 0 saturated heterocycles. The first-order valence-corrected chi connectivity index (χ1v) is 15.0. The summed E-state index contributed by atoms with van der Waals surface area (Å²) in [6.45, 7) is 0. The van der Waals surface area contributed by atoms with E-state index in [4.69, 9.17) is 19.4 Å². The number of rotatable bonds is 4. The van der Waals surface area contributed by atoms with Crippen molar-refractivity contribution in [3.63, 3.8) is 0 Å². The number of hydrogen-bond donors (Lipinski definition) is 0. The summed E-state index contributed by atoms with van der Waals surface area (Å²) in [5.74, 6) is 1.86. The lowest BCUT2D eigenvalue weighted by Crippen LogP contribution is -2.00. The summed E-state index contributed by atoms with van der Waals surface area (Å²) in [6.07, 6.45) is 0. The molecular formula is C41H25N3O. The Hall–Kier alpha value is -6.13. The number of nitrogens with zero attached hydrogens (tertiary/aromatic N) is 3. The summed E-state index contributed by atoms with van der Waals surface area (Å²) < 4.78 is 6.54. The minimum absolute atomic E-state index is 0.607. The molecule has 45 heavy (non-hydrogen) atoms. The van der Waals surface area contributed by atoms with E-state index in [9.17, 15) is 0 Å². The molecule has 0 bridgehead atoms. The van der Waals surface area contributed by atoms with Gasteiger partial charge in [-0.05, 0) is 39.2 Å². The van der Waals surface area contributed by atoms with Crippen LogP contribution in [-0.2, 0) is 0 Å². The minimum atomic E-state index is 0.607. The zero-order chi connectivity index (χ0) is 29.7. The highest BCUT2D eigenvalue weighted by Gasteiger charge is 2.19. The fraction of sp³-hybridized carbons (Fsp3) is 0. The number of para-hydroxylation sites is 1. The van der Waals surface area contributed by atoms with E-state index in [0.717, 1.165) is 55.1 Å². The zero-order valence-corrected chi connectivity index (χ0v) is 24.2. The standard InChI is InChI=1S/C41H25N3O/c1-3-11-26(12-4-1)33-17-9-18-34-37-35(19-10-20-36(37)45-38(33)34)41-43-39(28-14-5-2-6-15-28)42-40(44-41)30-23-24-32-29(25-30)22-21-27-13-7-8-16-31(27)32/h1-25H. The smallest absolute Gasteiger partial charge is 0.164 e. The maximum atomic E-state index is 6.54. The quantitative estimate of drug-likeness (QED) is 0.196. The lowest BCUT2D eigenvalue weighted by atomic mass is 9.99. The second kappa shape index (κ2) is 10.2. The van der Waals surface area contributed by atoms with E-state index in [2.05, 4.69) is 103 Å². The van der Waals surface area contributed by atoms with E-state index in [0.29, 0.717) is 17.5 Å². The molecular weight excluding hydrogens is 550 g/mol. The highest BCUT2D eigenvalue weighted by Crippen LogP contribution is 2.40. The molecule has 0 radical (unpaired) electrons. The summed E-state index contributed by atoms with van der Waals surface area (Å²) in [4.78, 5) is 15.2. The molecule has 210 valence electrons. The van der Waals surface area contributed by atoms with Crippen molar-refractivity contribution in [3.05, 3.63) is 152 Å². The Morgan fingerprint density at radius 3 is 1.84 bits per heavy atom. The average molecular weight is 576 g/mol. The van der Waals surface area contributed by atoms with Crippen LogP contribution in [0.3, 0.4) is 0 Å². The van der Waals surface area contributed by atoms with Crippen LogP contribution in [0.2, 0.25) is 0 Å². The molecule has 0 aliphatic carbocycles. The number of aromatic nitrogens is 3. The van der Waals surface area contributed by atoms with E-state index in [1.807, 2.05) is 48.5 Å². The first kappa shape index (κ1) is 25.4. The van der Waals surface area contributed by atoms with Gasteiger partial charge in [0.05, 0.1) is 0 Å². The predicted octanol–water partition coefficient (Wildman–Crippen LogP) is 10.7. The average Bonchev–Trinajstić information content (AvgIpc) is 3.51. The Labute approximate surface area is 259 Å². The second-order valence-corrected chi connectivity index (χ2v) is 11.2. The van der Waals surface area contributed by atoms with Gasteiger partial charge in [0.2, 0.25) is 0 Å². The van der Waals surface area contributed by atoms with Crippen LogP contribution < -0.4 is 0 Å². The third kappa shape index (κ3) is 4.27. The van der Waals surface area contributed by atoms with Crippen molar-refractivity contribution < 1.29 is 4.42 Å². The molecule has 0 saturated carbocycles. The van der Waals surface area contributed by atoms with Gasteiger partial charge in [0, 0.05) is 33.0 Å². The molecule has 0 amide bonds. The van der Waals surface area contributed by atoms with Gasteiger partial charge in [0.1, 0.15) is 11.2 Å². The predicted molar refractivity (Wildman–Crippen MR) is 184 cm³/mol. The van der Waals surface area contributed by atoms with Gasteiger partial charge >= 0.3 is 0 Å². The van der Waals surface area contributed by atoms with Gasteiger partial charge in [0.25, 0.3) is 0 Å². The molecule has 9 aromatic rings. The van der Waals surface area contributed by atoms with Crippen LogP contribution in [0, 0.1) is 0 Å². The molecule has 7 aromatic carbocycles. The molecule has 0 spiro atoms. The van der Waals surface area contributed by atoms with Crippen molar-refractivity contribution >= 4 is 43.5 Å². The molecule has 9 rings (SSSR count). The molecule has 2 aromatic heterocycles. The van der Waals surface area contributed by atoms with E-state index in [1.165, 1.54) is 16.2 Å². The van der Waals surface area contributed by atoms with Crippen LogP contribution in [-0.4, -0.2) is 15.0 Å². The van der Waals surface area contributed by atoms with Gasteiger partial charge < -0.3 is 4.42 Å². The van der Waals surface area contributed by atoms with Crippen molar-refractivity contribution in [2.75, 3.05) is 0 Å². The van der Waals surface area contributed by atoms with Crippen LogP contribution in [0.25, 0.3) is 88.8 Å². The molecule has 0 aliphatic rings. The molecule has 0 unspecified atom stereocenters. The molecule has 4 nitrogen and oxygen atoms in total. The van der Waals surface area contributed by atoms with Crippen LogP contribution in [0.15, 0.2) is 156 Å². The summed E-state index contributed by atoms with van der Waals surface area (Å²) in [5, 5.41) is 6.83. The van der Waals surface area contributed by atoms with E-state index >= 15 is 0 Å². The number of furan rings is 1. The van der Waals surface area contributed by atoms with Gasteiger partial charge in [0.15, 0.2) is 17.5 Å². The minimum Gasteiger partial charge on any atom is -0.455 e. The van der Waals surface area contributed by atoms with Gasteiger partial charge in [-0.25, -0.2) is 15.0 Å². The Morgan fingerprint density at radius 1 is 0.378 bits per heavy atom. The van der Waals surface area contributed by atoms with Crippen molar-refractivity contribution in [1.82, 2.24) is 15.0 Å². The van der Waals surface area contributed by atoms with Gasteiger partial charge in [-0.1, -0.05) is 140 Å². The summed E-state index contributed by atoms with van der Waals surface area (Å²) >= 11 is 0. The normalized spacial score (nSPS) is 11.6. The Kier molecular flexibility index (Phi) is 5.78. The summed E-state index contributed by atoms with van der Waals surface area (Å²) in [7, 11) is 0. The Bertz CT molecular complexity index is 2540. The number of fused-ring (bicyclic) bond motifs is 6. The van der Waals surface area contributed by atoms with Gasteiger partial charge in [-0.3, -0.25) is 0 Å². The maximum absolute atomic E-state index is 6.54. The summed E-state index contributed by atoms with van der Waals surface area (Å²) in [5.41, 5.74) is 6.60. The largest absolute Gasteiger partial charge is 0.455 e. The monoisotopic (exact) mass is 575 g/mol. The van der Waals surface area contributed by atoms with E-state index in [-0.39, 0.29) is 0 Å². The van der Waals surface area contributed by atoms with Crippen molar-refractivity contribution in [1.29, 1.82) is 0 Å². The Balaban J connectivity index is 1.28. The molecule has 0 N–H and O–H groups in total. The maximum Gasteiger partial charge on any atom is 0.164 e. The van der Waals surface area contributed by atoms with Gasteiger partial charge in [-0.15, -0.1) is 0 Å². The first-order chi connectivity index (χ1) is 22.3. The van der Waals surface area contributed by atoms with Crippen LogP contribution in [0.4, 0.5) is 0 Å². The second-order valence-electron chi connectivity index (χ2n) is 11.2. The highest BCUT2D eigenvalue weighted by atomic mass is 16.3. The fourth-order valence-electron chi connectivity index (χ4n) is 6.37. The molecule has 4 heteroatoms. The van der Waals surface area contributed by atoms with Crippen molar-refractivity contribution in [2.45, 2.75) is 0 Å². The zero-order valence-electron chi connectivity index (χ0n) is 24.2. The topological polar surface area (TPSA) is 51.8 Å². The van der Waals surface area contributed by atoms with Crippen LogP contribution >= 0.6 is 0 Å². The van der Waals surface area contributed by atoms with E-state index in [1.54, 1.807) is 0 Å². The fourth-order valence-corrected chi connectivity index (χ4v) is 6.37. The SMILES string of the molecule is c1ccc(-c2nc(-c3ccc4c(ccc5ccccc54)c3)nc(-c3cccc4oc5c(-c6ccccc6)cccc5c34)n2)cc1. The molecule has 0 atom stereocenters. The van der Waals surface area contributed by atoms with Gasteiger partial charge in [-0.2, -0.15) is 0 Å². The molecule has 0 fully saturated rings.